The van der Waals surface area contributed by atoms with Gasteiger partial charge in [0.05, 0.1) is 0 Å². The van der Waals surface area contributed by atoms with Crippen molar-refractivity contribution < 1.29 is 0 Å². The average molecular weight is 346 g/mol. The summed E-state index contributed by atoms with van der Waals surface area (Å²) in [6, 6.07) is 31.2. The Balaban J connectivity index is 0.000000504. The molecule has 0 atom stereocenters. The lowest BCUT2D eigenvalue weighted by Gasteiger charge is -2.07. The molecule has 0 fully saturated rings. The largest absolute Gasteiger partial charge is 0.0656 e. The molecule has 0 spiro atoms. The van der Waals surface area contributed by atoms with E-state index in [2.05, 4.69) is 98.8 Å². The summed E-state index contributed by atoms with van der Waals surface area (Å²) < 4.78 is 0. The van der Waals surface area contributed by atoms with Crippen LogP contribution >= 0.6 is 0 Å². The number of hydrogen-bond donors (Lipinski definition) is 0. The first-order valence-electron chi connectivity index (χ1n) is 9.79. The summed E-state index contributed by atoms with van der Waals surface area (Å²) in [7, 11) is 0. The van der Waals surface area contributed by atoms with Gasteiger partial charge in [-0.2, -0.15) is 0 Å². The second-order valence-corrected chi connectivity index (χ2v) is 7.36. The first kappa shape index (κ1) is 16.1. The third-order valence-electron chi connectivity index (χ3n) is 5.33. The van der Waals surface area contributed by atoms with Crippen molar-refractivity contribution in [3.8, 4) is 22.3 Å². The third-order valence-corrected chi connectivity index (χ3v) is 5.33. The molecule has 0 amide bonds. The van der Waals surface area contributed by atoms with Crippen LogP contribution in [-0.2, 0) is 0 Å². The molecule has 5 aromatic carbocycles. The van der Waals surface area contributed by atoms with Crippen LogP contribution in [0.1, 0.15) is 20.3 Å². The first-order chi connectivity index (χ1) is 13.3. The van der Waals surface area contributed by atoms with Gasteiger partial charge in [-0.3, -0.25) is 0 Å². The van der Waals surface area contributed by atoms with Gasteiger partial charge in [-0.15, -0.1) is 0 Å². The summed E-state index contributed by atoms with van der Waals surface area (Å²) in [4.78, 5) is 0. The van der Waals surface area contributed by atoms with Gasteiger partial charge in [-0.25, -0.2) is 0 Å². The standard InChI is InChI=1S/C24H14.C3H8/c1-2-6-17-12-19-14-23-21-10-4-8-15-7-3-9-20(24(15)21)22(23)13-18(19)11-16(17)5-1;1-3-2/h1-14H;3H2,1-2H3. The van der Waals surface area contributed by atoms with Crippen molar-refractivity contribution in [2.75, 3.05) is 0 Å². The molecule has 0 nitrogen and oxygen atoms in total. The number of benzene rings is 5. The van der Waals surface area contributed by atoms with Crippen LogP contribution in [0.15, 0.2) is 84.9 Å². The highest BCUT2D eigenvalue weighted by Crippen LogP contribution is 2.48. The van der Waals surface area contributed by atoms with Crippen molar-refractivity contribution in [2.45, 2.75) is 20.3 Å². The van der Waals surface area contributed by atoms with Gasteiger partial charge in [0.15, 0.2) is 0 Å². The second-order valence-electron chi connectivity index (χ2n) is 7.36. The van der Waals surface area contributed by atoms with E-state index in [1.54, 1.807) is 0 Å². The zero-order valence-electron chi connectivity index (χ0n) is 15.8. The van der Waals surface area contributed by atoms with Crippen LogP contribution in [0.4, 0.5) is 0 Å². The molecule has 130 valence electrons. The molecular formula is C27H22. The molecular weight excluding hydrogens is 324 g/mol. The topological polar surface area (TPSA) is 0 Å². The molecule has 6 rings (SSSR count). The minimum absolute atomic E-state index is 1.25. The quantitative estimate of drug-likeness (QED) is 0.243. The first-order valence-corrected chi connectivity index (χ1v) is 9.79. The lowest BCUT2D eigenvalue weighted by atomic mass is 9.96. The second kappa shape index (κ2) is 6.25. The Hall–Kier alpha value is -3.12. The summed E-state index contributed by atoms with van der Waals surface area (Å²) >= 11 is 0. The molecule has 0 N–H and O–H groups in total. The van der Waals surface area contributed by atoms with Gasteiger partial charge in [0.25, 0.3) is 0 Å². The Morgan fingerprint density at radius 3 is 1.37 bits per heavy atom. The highest BCUT2D eigenvalue weighted by atomic mass is 14.2. The molecule has 1 aliphatic carbocycles. The molecule has 0 heterocycles. The van der Waals surface area contributed by atoms with Gasteiger partial charge in [0, 0.05) is 0 Å². The smallest absolute Gasteiger partial charge is 0.00264 e. The van der Waals surface area contributed by atoms with Gasteiger partial charge in [-0.05, 0) is 78.8 Å². The van der Waals surface area contributed by atoms with Crippen LogP contribution in [-0.4, -0.2) is 0 Å². The lowest BCUT2D eigenvalue weighted by molar-refractivity contribution is 1.09. The van der Waals surface area contributed by atoms with Crippen molar-refractivity contribution in [1.82, 2.24) is 0 Å². The van der Waals surface area contributed by atoms with Gasteiger partial charge >= 0.3 is 0 Å². The van der Waals surface area contributed by atoms with Crippen LogP contribution in [0.5, 0.6) is 0 Å². The summed E-state index contributed by atoms with van der Waals surface area (Å²) in [6.07, 6.45) is 1.25. The van der Waals surface area contributed by atoms with Crippen LogP contribution < -0.4 is 0 Å². The van der Waals surface area contributed by atoms with E-state index in [0.717, 1.165) is 0 Å². The zero-order chi connectivity index (χ0) is 18.4. The van der Waals surface area contributed by atoms with Crippen molar-refractivity contribution in [2.24, 2.45) is 0 Å². The Bertz CT molecular complexity index is 1210. The van der Waals surface area contributed by atoms with E-state index in [4.69, 9.17) is 0 Å². The Kier molecular flexibility index (Phi) is 3.72. The molecule has 0 bridgehead atoms. The van der Waals surface area contributed by atoms with Crippen LogP contribution in [0.25, 0.3) is 54.6 Å². The van der Waals surface area contributed by atoms with E-state index in [-0.39, 0.29) is 0 Å². The molecule has 0 aliphatic heterocycles. The minimum Gasteiger partial charge on any atom is -0.0656 e. The van der Waals surface area contributed by atoms with E-state index >= 15 is 0 Å². The molecule has 0 unspecified atom stereocenters. The molecule has 0 heteroatoms. The molecule has 5 aromatic rings. The Morgan fingerprint density at radius 1 is 0.444 bits per heavy atom. The maximum Gasteiger partial charge on any atom is -0.00264 e. The number of fused-ring (bicyclic) bond motifs is 5. The lowest BCUT2D eigenvalue weighted by Crippen LogP contribution is -1.81. The van der Waals surface area contributed by atoms with Gasteiger partial charge < -0.3 is 0 Å². The number of hydrogen-bond acceptors (Lipinski definition) is 0. The monoisotopic (exact) mass is 346 g/mol. The molecule has 0 radical (unpaired) electrons. The SMILES string of the molecule is CCC.c1ccc2cc3cc4c(cc3cc2c1)-c1cccc2cccc-4c12. The van der Waals surface area contributed by atoms with Crippen LogP contribution in [0, 0.1) is 0 Å². The summed E-state index contributed by atoms with van der Waals surface area (Å²) in [5, 5.41) is 7.97. The fraction of sp³-hybridized carbons (Fsp3) is 0.111. The number of rotatable bonds is 0. The van der Waals surface area contributed by atoms with Crippen molar-refractivity contribution in [3.63, 3.8) is 0 Å². The summed E-state index contributed by atoms with van der Waals surface area (Å²) in [5.74, 6) is 0. The van der Waals surface area contributed by atoms with E-state index in [1.807, 2.05) is 0 Å². The highest BCUT2D eigenvalue weighted by molar-refractivity contribution is 6.17. The third kappa shape index (κ3) is 2.44. The zero-order valence-corrected chi connectivity index (χ0v) is 15.8. The molecule has 27 heavy (non-hydrogen) atoms. The average Bonchev–Trinajstić information content (AvgIpc) is 3.01. The highest BCUT2D eigenvalue weighted by Gasteiger charge is 2.21. The maximum absolute atomic E-state index is 2.37. The molecule has 1 aliphatic rings. The van der Waals surface area contributed by atoms with Crippen LogP contribution in [0.3, 0.4) is 0 Å². The minimum atomic E-state index is 1.25. The van der Waals surface area contributed by atoms with Gasteiger partial charge in [0.2, 0.25) is 0 Å². The van der Waals surface area contributed by atoms with Gasteiger partial charge in [-0.1, -0.05) is 80.9 Å². The van der Waals surface area contributed by atoms with E-state index in [1.165, 1.54) is 61.0 Å². The van der Waals surface area contributed by atoms with Crippen LogP contribution in [0.2, 0.25) is 0 Å². The predicted octanol–water partition coefficient (Wildman–Crippen LogP) is 8.21. The summed E-state index contributed by atoms with van der Waals surface area (Å²) in [5.41, 5.74) is 5.47. The summed E-state index contributed by atoms with van der Waals surface area (Å²) in [6.45, 7) is 4.25. The van der Waals surface area contributed by atoms with E-state index in [0.29, 0.717) is 0 Å². The fourth-order valence-corrected chi connectivity index (χ4v) is 4.23. The fourth-order valence-electron chi connectivity index (χ4n) is 4.23. The van der Waals surface area contributed by atoms with E-state index < -0.39 is 0 Å². The van der Waals surface area contributed by atoms with Crippen molar-refractivity contribution in [3.05, 3.63) is 84.9 Å². The van der Waals surface area contributed by atoms with Gasteiger partial charge in [0.1, 0.15) is 0 Å². The maximum atomic E-state index is 2.37. The molecule has 0 saturated heterocycles. The Labute approximate surface area is 160 Å². The Morgan fingerprint density at radius 2 is 0.889 bits per heavy atom. The van der Waals surface area contributed by atoms with Crippen molar-refractivity contribution in [1.29, 1.82) is 0 Å². The predicted molar refractivity (Wildman–Crippen MR) is 119 cm³/mol. The molecule has 0 saturated carbocycles. The molecule has 0 aromatic heterocycles. The van der Waals surface area contributed by atoms with E-state index in [9.17, 15) is 0 Å². The van der Waals surface area contributed by atoms with Crippen molar-refractivity contribution >= 4 is 32.3 Å². The normalized spacial score (nSPS) is 11.5.